The average Bonchev–Trinajstić information content (AvgIpc) is 4.00. The first kappa shape index (κ1) is 37.8. The van der Waals surface area contributed by atoms with Crippen LogP contribution >= 0.6 is 23.2 Å². The Labute approximate surface area is 320 Å². The highest BCUT2D eigenvalue weighted by molar-refractivity contribution is 6.35. The minimum atomic E-state index is -3.08. The number of carbonyl (C=O) groups is 2. The molecule has 2 bridgehead atoms. The van der Waals surface area contributed by atoms with Crippen molar-refractivity contribution in [3.8, 4) is 11.5 Å². The van der Waals surface area contributed by atoms with E-state index in [2.05, 4.69) is 15.2 Å². The molecule has 4 aliphatic rings. The lowest BCUT2D eigenvalue weighted by atomic mass is 9.86. The second-order valence-electron chi connectivity index (χ2n) is 13.8. The minimum Gasteiger partial charge on any atom is -0.489 e. The molecular weight excluding hydrogens is 746 g/mol. The number of fused-ring (bicyclic) bond motifs is 3. The molecular formula is C40H38Cl2F3N3O6. The summed E-state index contributed by atoms with van der Waals surface area (Å²) in [6.45, 7) is -0.118. The highest BCUT2D eigenvalue weighted by atomic mass is 35.5. The summed E-state index contributed by atoms with van der Waals surface area (Å²) >= 11 is 12.9. The number of hydrogen-bond acceptors (Lipinski definition) is 9. The number of nitrogens with one attached hydrogen (secondary N) is 1. The molecule has 4 fully saturated rings. The van der Waals surface area contributed by atoms with Crippen LogP contribution in [0.2, 0.25) is 10.0 Å². The van der Waals surface area contributed by atoms with Crippen LogP contribution in [0.3, 0.4) is 0 Å². The van der Waals surface area contributed by atoms with Gasteiger partial charge in [-0.15, -0.1) is 0 Å². The first-order valence-electron chi connectivity index (χ1n) is 17.8. The van der Waals surface area contributed by atoms with Crippen LogP contribution in [-0.4, -0.2) is 60.8 Å². The lowest BCUT2D eigenvalue weighted by molar-refractivity contribution is -0.159. The molecule has 1 unspecified atom stereocenters. The Hall–Kier alpha value is -4.52. The van der Waals surface area contributed by atoms with Gasteiger partial charge in [-0.3, -0.25) is 9.88 Å². The van der Waals surface area contributed by atoms with Gasteiger partial charge < -0.3 is 24.3 Å². The normalized spacial score (nSPS) is 20.2. The molecule has 1 N–H and O–H groups in total. The second kappa shape index (κ2) is 16.9. The Morgan fingerprint density at radius 2 is 1.63 bits per heavy atom. The van der Waals surface area contributed by atoms with Crippen molar-refractivity contribution in [2.75, 3.05) is 31.6 Å². The van der Waals surface area contributed by atoms with E-state index in [1.807, 2.05) is 0 Å². The van der Waals surface area contributed by atoms with Crippen LogP contribution < -0.4 is 14.8 Å². The molecule has 3 aromatic carbocycles. The number of esters is 2. The number of nitrogens with zero attached hydrogens (tertiary/aromatic N) is 2. The lowest BCUT2D eigenvalue weighted by Gasteiger charge is -2.44. The van der Waals surface area contributed by atoms with E-state index < -0.39 is 36.5 Å². The van der Waals surface area contributed by atoms with Gasteiger partial charge in [-0.1, -0.05) is 47.5 Å². The molecule has 0 amide bonds. The standard InChI is InChI=1S/C40H38Cl2F3N3O6/c41-31-19-46-20-32(42)30(31)18-34(26-8-11-33(54-40(44)45)35(17-26)51-22-23-4-5-23)52-38(49)27-2-1-3-29(16-27)47-37(25-6-9-28(43)10-7-25)39(50)53-36-21-48-14-12-24(36)13-15-48/h1-3,6-11,16-17,19-20,23-24,34,36-37,40,47H,4-5,12-15,18,21-22H2/t34-,36-,37?/m0/s1. The Morgan fingerprint density at radius 3 is 2.30 bits per heavy atom. The summed E-state index contributed by atoms with van der Waals surface area (Å²) in [5, 5.41) is 3.68. The van der Waals surface area contributed by atoms with Crippen molar-refractivity contribution in [3.63, 3.8) is 0 Å². The van der Waals surface area contributed by atoms with Gasteiger partial charge in [0.15, 0.2) is 17.5 Å². The number of aromatic nitrogens is 1. The van der Waals surface area contributed by atoms with Crippen molar-refractivity contribution in [2.24, 2.45) is 11.8 Å². The van der Waals surface area contributed by atoms with Crippen LogP contribution in [0.1, 0.15) is 64.9 Å². The summed E-state index contributed by atoms with van der Waals surface area (Å²) < 4.78 is 63.2. The van der Waals surface area contributed by atoms with Crippen LogP contribution in [0.5, 0.6) is 11.5 Å². The molecule has 284 valence electrons. The number of benzene rings is 3. The number of alkyl halides is 2. The maximum absolute atomic E-state index is 13.9. The van der Waals surface area contributed by atoms with E-state index in [1.54, 1.807) is 18.2 Å². The van der Waals surface area contributed by atoms with Gasteiger partial charge in [0.05, 0.1) is 22.2 Å². The van der Waals surface area contributed by atoms with E-state index in [0.29, 0.717) is 41.4 Å². The van der Waals surface area contributed by atoms with Crippen molar-refractivity contribution in [1.29, 1.82) is 0 Å². The smallest absolute Gasteiger partial charge is 0.387 e. The average molecular weight is 785 g/mol. The predicted molar refractivity (Wildman–Crippen MR) is 196 cm³/mol. The molecule has 54 heavy (non-hydrogen) atoms. The van der Waals surface area contributed by atoms with Gasteiger partial charge in [-0.2, -0.15) is 8.78 Å². The molecule has 0 radical (unpaired) electrons. The highest BCUT2D eigenvalue weighted by Gasteiger charge is 2.38. The molecule has 1 aromatic heterocycles. The number of halogens is 5. The zero-order chi connectivity index (χ0) is 37.8. The largest absolute Gasteiger partial charge is 0.489 e. The molecule has 3 saturated heterocycles. The maximum atomic E-state index is 13.9. The molecule has 1 saturated carbocycles. The van der Waals surface area contributed by atoms with E-state index in [0.717, 1.165) is 38.8 Å². The van der Waals surface area contributed by atoms with Gasteiger partial charge in [0.1, 0.15) is 18.0 Å². The van der Waals surface area contributed by atoms with Crippen LogP contribution in [0.25, 0.3) is 0 Å². The Kier molecular flexibility index (Phi) is 11.8. The quantitative estimate of drug-likeness (QED) is 0.119. The Morgan fingerprint density at radius 1 is 0.907 bits per heavy atom. The lowest BCUT2D eigenvalue weighted by Crippen LogP contribution is -2.52. The molecule has 0 spiro atoms. The topological polar surface area (TPSA) is 99.2 Å². The molecule has 9 nitrogen and oxygen atoms in total. The number of carbonyl (C=O) groups excluding carboxylic acids is 2. The van der Waals surface area contributed by atoms with E-state index in [1.165, 1.54) is 60.9 Å². The van der Waals surface area contributed by atoms with Crippen molar-refractivity contribution in [2.45, 2.75) is 57.0 Å². The van der Waals surface area contributed by atoms with Crippen LogP contribution in [0.15, 0.2) is 79.1 Å². The third kappa shape index (κ3) is 9.40. The zero-order valence-corrected chi connectivity index (χ0v) is 30.6. The SMILES string of the molecule is O=C(O[C@@H](Cc1c(Cl)cncc1Cl)c1ccc(OC(F)F)c(OCC2CC2)c1)c1cccc(NC(C(=O)O[C@H]2CN3CCC2CC3)c2ccc(F)cc2)c1. The minimum absolute atomic E-state index is 0.0130. The molecule has 4 heterocycles. The molecule has 4 aromatic rings. The molecule has 1 aliphatic carbocycles. The van der Waals surface area contributed by atoms with Gasteiger partial charge in [-0.25, -0.2) is 14.0 Å². The maximum Gasteiger partial charge on any atom is 0.387 e. The van der Waals surface area contributed by atoms with Crippen LogP contribution in [0, 0.1) is 17.7 Å². The van der Waals surface area contributed by atoms with E-state index in [9.17, 15) is 22.8 Å². The number of pyridine rings is 1. The van der Waals surface area contributed by atoms with E-state index in [-0.39, 0.29) is 45.6 Å². The number of hydrogen-bond donors (Lipinski definition) is 1. The summed E-state index contributed by atoms with van der Waals surface area (Å²) in [5.41, 5.74) is 1.91. The molecule has 14 heteroatoms. The van der Waals surface area contributed by atoms with Crippen LogP contribution in [0.4, 0.5) is 18.9 Å². The van der Waals surface area contributed by atoms with Gasteiger partial charge in [0.25, 0.3) is 0 Å². The highest BCUT2D eigenvalue weighted by Crippen LogP contribution is 2.38. The number of piperidine rings is 3. The van der Waals surface area contributed by atoms with Crippen molar-refractivity contribution >= 4 is 40.8 Å². The Bertz CT molecular complexity index is 1940. The number of anilines is 1. The monoisotopic (exact) mass is 783 g/mol. The fourth-order valence-corrected chi connectivity index (χ4v) is 7.38. The summed E-state index contributed by atoms with van der Waals surface area (Å²) in [6, 6.07) is 15.3. The molecule has 3 atom stereocenters. The summed E-state index contributed by atoms with van der Waals surface area (Å²) in [5.74, 6) is -1.16. The van der Waals surface area contributed by atoms with Crippen LogP contribution in [-0.2, 0) is 20.7 Å². The molecule has 8 rings (SSSR count). The van der Waals surface area contributed by atoms with Crippen molar-refractivity contribution in [1.82, 2.24) is 9.88 Å². The summed E-state index contributed by atoms with van der Waals surface area (Å²) in [6.07, 6.45) is 5.45. The fraction of sp³-hybridized carbons (Fsp3) is 0.375. The fourth-order valence-electron chi connectivity index (χ4n) is 6.86. The van der Waals surface area contributed by atoms with Gasteiger partial charge in [-0.05, 0) is 110 Å². The zero-order valence-electron chi connectivity index (χ0n) is 29.1. The number of rotatable bonds is 15. The first-order valence-corrected chi connectivity index (χ1v) is 18.6. The van der Waals surface area contributed by atoms with E-state index in [4.69, 9.17) is 42.1 Å². The molecule has 3 aliphatic heterocycles. The summed E-state index contributed by atoms with van der Waals surface area (Å²) in [7, 11) is 0. The van der Waals surface area contributed by atoms with Gasteiger partial charge in [0.2, 0.25) is 0 Å². The van der Waals surface area contributed by atoms with Gasteiger partial charge >= 0.3 is 18.6 Å². The third-order valence-electron chi connectivity index (χ3n) is 10.0. The summed E-state index contributed by atoms with van der Waals surface area (Å²) in [4.78, 5) is 33.9. The van der Waals surface area contributed by atoms with Gasteiger partial charge in [0, 0.05) is 31.0 Å². The third-order valence-corrected chi connectivity index (χ3v) is 10.7. The predicted octanol–water partition coefficient (Wildman–Crippen LogP) is 8.85. The van der Waals surface area contributed by atoms with E-state index >= 15 is 0 Å². The Balaban J connectivity index is 1.14. The number of ether oxygens (including phenoxy) is 4. The second-order valence-corrected chi connectivity index (χ2v) is 14.7. The van der Waals surface area contributed by atoms with Crippen molar-refractivity contribution in [3.05, 3.63) is 117 Å². The van der Waals surface area contributed by atoms with Crippen molar-refractivity contribution < 1.29 is 41.7 Å². The first-order chi connectivity index (χ1) is 26.1.